The lowest BCUT2D eigenvalue weighted by atomic mass is 9.95. The quantitative estimate of drug-likeness (QED) is 0.637. The summed E-state index contributed by atoms with van der Waals surface area (Å²) in [5.41, 5.74) is 1.31. The molecule has 2 aromatic carbocycles. The number of aliphatic carboxylic acids is 1. The molecule has 0 heterocycles. The average molecular weight is 307 g/mol. The minimum Gasteiger partial charge on any atom is -0.479 e. The number of carboxylic acids is 1. The third kappa shape index (κ3) is 4.16. The molecule has 1 atom stereocenters. The first-order valence-electron chi connectivity index (χ1n) is 7.62. The van der Waals surface area contributed by atoms with E-state index in [4.69, 9.17) is 0 Å². The van der Waals surface area contributed by atoms with E-state index in [0.717, 1.165) is 11.1 Å². The Labute approximate surface area is 137 Å². The molecule has 3 heteroatoms. The minimum atomic E-state index is -1.20. The predicted octanol–water partition coefficient (Wildman–Crippen LogP) is 4.33. The lowest BCUT2D eigenvalue weighted by molar-refractivity contribution is -0.142. The van der Waals surface area contributed by atoms with Crippen molar-refractivity contribution in [1.82, 2.24) is 0 Å². The molecule has 0 aromatic heterocycles. The van der Waals surface area contributed by atoms with Crippen LogP contribution in [0.25, 0.3) is 0 Å². The van der Waals surface area contributed by atoms with Crippen LogP contribution < -0.4 is 0 Å². The van der Waals surface area contributed by atoms with Crippen LogP contribution in [0, 0.1) is 0 Å². The van der Waals surface area contributed by atoms with Crippen molar-refractivity contribution in [1.29, 1.82) is 0 Å². The van der Waals surface area contributed by atoms with Crippen LogP contribution in [0.5, 0.6) is 0 Å². The number of allylic oxidation sites excluding steroid dienone is 1. The Hall–Kier alpha value is -2.68. The van der Waals surface area contributed by atoms with Crippen LogP contribution >= 0.6 is 0 Å². The Morgan fingerprint density at radius 1 is 1.04 bits per heavy atom. The van der Waals surface area contributed by atoms with Gasteiger partial charge in [0.1, 0.15) is 0 Å². The van der Waals surface area contributed by atoms with Gasteiger partial charge in [-0.05, 0) is 13.8 Å². The highest BCUT2D eigenvalue weighted by molar-refractivity contribution is 6.13. The van der Waals surface area contributed by atoms with Gasteiger partial charge in [-0.2, -0.15) is 0 Å². The topological polar surface area (TPSA) is 49.7 Å². The van der Waals surface area contributed by atoms with Gasteiger partial charge < -0.3 is 5.11 Å². The van der Waals surface area contributed by atoms with Gasteiger partial charge in [0, 0.05) is 17.5 Å². The van der Waals surface area contributed by atoms with E-state index in [1.807, 2.05) is 79.7 Å². The molecule has 0 aliphatic carbocycles. The van der Waals surface area contributed by atoms with E-state index >= 15 is 0 Å². The fourth-order valence-corrected chi connectivity index (χ4v) is 2.26. The summed E-state index contributed by atoms with van der Waals surface area (Å²) in [6, 6.07) is 19.4. The number of rotatable bonds is 6. The van der Waals surface area contributed by atoms with Crippen molar-refractivity contribution in [3.05, 3.63) is 83.9 Å². The minimum absolute atomic E-state index is 0.349. The monoisotopic (exact) mass is 307 g/mol. The van der Waals surface area contributed by atoms with Crippen molar-refractivity contribution in [3.63, 3.8) is 0 Å². The van der Waals surface area contributed by atoms with E-state index < -0.39 is 11.5 Å². The molecule has 2 aromatic rings. The molecule has 0 spiro atoms. The second-order valence-corrected chi connectivity index (χ2v) is 5.54. The van der Waals surface area contributed by atoms with Crippen molar-refractivity contribution in [2.24, 2.45) is 4.99 Å². The van der Waals surface area contributed by atoms with Crippen molar-refractivity contribution in [3.8, 4) is 0 Å². The zero-order valence-corrected chi connectivity index (χ0v) is 13.4. The number of aliphatic imine (C=N–C) groups is 1. The third-order valence-corrected chi connectivity index (χ3v) is 3.66. The number of benzene rings is 2. The van der Waals surface area contributed by atoms with Gasteiger partial charge in [0.25, 0.3) is 0 Å². The summed E-state index contributed by atoms with van der Waals surface area (Å²) in [6.45, 7) is 3.53. The Kier molecular flexibility index (Phi) is 5.47. The highest BCUT2D eigenvalue weighted by Crippen LogP contribution is 2.21. The summed E-state index contributed by atoms with van der Waals surface area (Å²) in [5.74, 6) is -0.931. The summed E-state index contributed by atoms with van der Waals surface area (Å²) >= 11 is 0. The number of carboxylic acid groups (broad SMARTS) is 1. The van der Waals surface area contributed by atoms with E-state index in [2.05, 4.69) is 4.99 Å². The van der Waals surface area contributed by atoms with Crippen LogP contribution in [0.2, 0.25) is 0 Å². The number of hydrogen-bond acceptors (Lipinski definition) is 2. The van der Waals surface area contributed by atoms with Crippen molar-refractivity contribution >= 4 is 11.7 Å². The van der Waals surface area contributed by atoms with Gasteiger partial charge in [-0.3, -0.25) is 4.99 Å². The molecule has 1 unspecified atom stereocenters. The van der Waals surface area contributed by atoms with Crippen molar-refractivity contribution in [2.45, 2.75) is 25.8 Å². The Balaban J connectivity index is 2.58. The standard InChI is InChI=1S/C20H21NO2/c1-3-4-15-20(2,19(22)23)21-18(16-11-7-5-8-12-16)17-13-9-6-10-14-17/h3-14H,15H2,1-2H3,(H,22,23). The molecular weight excluding hydrogens is 286 g/mol. The highest BCUT2D eigenvalue weighted by atomic mass is 16.4. The van der Waals surface area contributed by atoms with Gasteiger partial charge in [0.05, 0.1) is 5.71 Å². The first kappa shape index (κ1) is 16.7. The molecule has 0 saturated carbocycles. The van der Waals surface area contributed by atoms with Gasteiger partial charge in [0.15, 0.2) is 5.54 Å². The molecule has 0 radical (unpaired) electrons. The van der Waals surface area contributed by atoms with Gasteiger partial charge in [-0.15, -0.1) is 0 Å². The van der Waals surface area contributed by atoms with Crippen molar-refractivity contribution in [2.75, 3.05) is 0 Å². The molecule has 118 valence electrons. The lowest BCUT2D eigenvalue weighted by Gasteiger charge is -2.21. The summed E-state index contributed by atoms with van der Waals surface area (Å²) in [6.07, 6.45) is 4.04. The second-order valence-electron chi connectivity index (χ2n) is 5.54. The average Bonchev–Trinajstić information content (AvgIpc) is 2.59. The second kappa shape index (κ2) is 7.54. The predicted molar refractivity (Wildman–Crippen MR) is 94.0 cm³/mol. The Morgan fingerprint density at radius 2 is 1.52 bits per heavy atom. The molecule has 0 bridgehead atoms. The summed E-state index contributed by atoms with van der Waals surface area (Å²) < 4.78 is 0. The van der Waals surface area contributed by atoms with Gasteiger partial charge in [0.2, 0.25) is 0 Å². The van der Waals surface area contributed by atoms with E-state index in [0.29, 0.717) is 12.1 Å². The third-order valence-electron chi connectivity index (χ3n) is 3.66. The summed E-state index contributed by atoms with van der Waals surface area (Å²) in [4.78, 5) is 16.4. The van der Waals surface area contributed by atoms with E-state index in [9.17, 15) is 9.90 Å². The zero-order chi connectivity index (χ0) is 16.7. The summed E-state index contributed by atoms with van der Waals surface area (Å²) in [7, 11) is 0. The molecule has 23 heavy (non-hydrogen) atoms. The van der Waals surface area contributed by atoms with Crippen LogP contribution in [0.4, 0.5) is 0 Å². The van der Waals surface area contributed by atoms with Gasteiger partial charge >= 0.3 is 5.97 Å². The lowest BCUT2D eigenvalue weighted by Crippen LogP contribution is -2.34. The summed E-state index contributed by atoms with van der Waals surface area (Å²) in [5, 5.41) is 9.66. The van der Waals surface area contributed by atoms with Gasteiger partial charge in [-0.1, -0.05) is 72.8 Å². The largest absolute Gasteiger partial charge is 0.479 e. The molecule has 0 aliphatic rings. The molecule has 0 saturated heterocycles. The number of hydrogen-bond donors (Lipinski definition) is 1. The van der Waals surface area contributed by atoms with Crippen LogP contribution in [-0.4, -0.2) is 22.3 Å². The molecule has 0 amide bonds. The Morgan fingerprint density at radius 3 is 1.91 bits per heavy atom. The molecule has 1 N–H and O–H groups in total. The van der Waals surface area contributed by atoms with Crippen LogP contribution in [0.15, 0.2) is 77.8 Å². The van der Waals surface area contributed by atoms with Crippen LogP contribution in [0.1, 0.15) is 31.4 Å². The first-order chi connectivity index (χ1) is 11.1. The van der Waals surface area contributed by atoms with E-state index in [1.165, 1.54) is 0 Å². The normalized spacial score (nSPS) is 13.5. The zero-order valence-electron chi connectivity index (χ0n) is 13.4. The van der Waals surface area contributed by atoms with Crippen molar-refractivity contribution < 1.29 is 9.90 Å². The molecule has 3 nitrogen and oxygen atoms in total. The molecule has 0 aliphatic heterocycles. The SMILES string of the molecule is CC=CCC(C)(N=C(c1ccccc1)c1ccccc1)C(=O)O. The van der Waals surface area contributed by atoms with Gasteiger partial charge in [-0.25, -0.2) is 4.79 Å². The fraction of sp³-hybridized carbons (Fsp3) is 0.200. The smallest absolute Gasteiger partial charge is 0.331 e. The highest BCUT2D eigenvalue weighted by Gasteiger charge is 2.32. The van der Waals surface area contributed by atoms with Crippen LogP contribution in [-0.2, 0) is 4.79 Å². The number of carbonyl (C=O) groups is 1. The van der Waals surface area contributed by atoms with E-state index in [-0.39, 0.29) is 0 Å². The maximum atomic E-state index is 11.8. The number of nitrogens with zero attached hydrogens (tertiary/aromatic N) is 1. The fourth-order valence-electron chi connectivity index (χ4n) is 2.26. The maximum Gasteiger partial charge on any atom is 0.331 e. The first-order valence-corrected chi connectivity index (χ1v) is 7.62. The molecule has 0 fully saturated rings. The van der Waals surface area contributed by atoms with Crippen LogP contribution in [0.3, 0.4) is 0 Å². The molecule has 2 rings (SSSR count). The molecular formula is C20H21NO2. The Bertz CT molecular complexity index is 663. The van der Waals surface area contributed by atoms with E-state index in [1.54, 1.807) is 6.92 Å². The maximum absolute atomic E-state index is 11.8.